The van der Waals surface area contributed by atoms with Crippen molar-refractivity contribution in [2.45, 2.75) is 95.3 Å². The van der Waals surface area contributed by atoms with E-state index in [2.05, 4.69) is 0 Å². The number of epoxide rings is 1. The third kappa shape index (κ3) is 2.36. The Labute approximate surface area is 220 Å². The molecule has 10 nitrogen and oxygen atoms in total. The molecule has 2 bridgehead atoms. The van der Waals surface area contributed by atoms with E-state index in [1.807, 2.05) is 19.9 Å². The molecule has 3 heterocycles. The number of carbonyl (C=O) groups is 2. The lowest BCUT2D eigenvalue weighted by atomic mass is 9.33. The number of aliphatic hydroxyl groups is 4. The third-order valence-corrected chi connectivity index (χ3v) is 12.3. The van der Waals surface area contributed by atoms with E-state index in [-0.39, 0.29) is 31.5 Å². The SMILES string of the molecule is CC(=O)O[C@@H]1C[C@H](O)[C@@]23COC(O)[C@]1(C)[C@@H]2C[C@@H](O)[C@]1(C)[C@@H]3C(=O)[C@H](O)[C@]2(C)[C@@H](c3ccoc3)C[C@H]3O[C@]321. The molecule has 7 rings (SSSR count). The Kier molecular flexibility index (Phi) is 4.82. The number of rotatable bonds is 2. The Morgan fingerprint density at radius 2 is 1.79 bits per heavy atom. The number of fused-ring (bicyclic) bond motifs is 1. The number of carbonyl (C=O) groups excluding carboxylic acids is 2. The van der Waals surface area contributed by atoms with Crippen molar-refractivity contribution in [3.05, 3.63) is 24.2 Å². The van der Waals surface area contributed by atoms with Gasteiger partial charge in [0.15, 0.2) is 12.1 Å². The van der Waals surface area contributed by atoms with Crippen LogP contribution in [0.5, 0.6) is 0 Å². The first-order valence-corrected chi connectivity index (χ1v) is 13.6. The summed E-state index contributed by atoms with van der Waals surface area (Å²) in [5.74, 6) is -2.88. The van der Waals surface area contributed by atoms with Crippen LogP contribution in [-0.2, 0) is 23.8 Å². The first-order valence-electron chi connectivity index (χ1n) is 13.6. The van der Waals surface area contributed by atoms with Crippen LogP contribution in [0.2, 0.25) is 0 Å². The summed E-state index contributed by atoms with van der Waals surface area (Å²) < 4.78 is 23.3. The predicted molar refractivity (Wildman–Crippen MR) is 127 cm³/mol. The molecule has 6 fully saturated rings. The summed E-state index contributed by atoms with van der Waals surface area (Å²) in [5.41, 5.74) is -4.74. The Morgan fingerprint density at radius 1 is 1.05 bits per heavy atom. The maximum Gasteiger partial charge on any atom is 0.302 e. The highest BCUT2D eigenvalue weighted by Crippen LogP contribution is 2.82. The minimum Gasteiger partial charge on any atom is -0.472 e. The Bertz CT molecular complexity index is 1200. The molecule has 1 unspecified atom stereocenters. The molecule has 208 valence electrons. The van der Waals surface area contributed by atoms with Crippen LogP contribution >= 0.6 is 0 Å². The topological polar surface area (TPSA) is 159 Å². The van der Waals surface area contributed by atoms with Gasteiger partial charge in [0, 0.05) is 41.4 Å². The van der Waals surface area contributed by atoms with Crippen LogP contribution in [0.3, 0.4) is 0 Å². The number of esters is 1. The Balaban J connectivity index is 1.41. The van der Waals surface area contributed by atoms with Gasteiger partial charge >= 0.3 is 5.97 Å². The molecule has 6 aliphatic rings. The lowest BCUT2D eigenvalue weighted by Gasteiger charge is -2.72. The van der Waals surface area contributed by atoms with Crippen molar-refractivity contribution < 1.29 is 48.6 Å². The van der Waals surface area contributed by atoms with E-state index in [0.717, 1.165) is 5.56 Å². The molecule has 0 radical (unpaired) electrons. The third-order valence-electron chi connectivity index (χ3n) is 12.3. The minimum atomic E-state index is -1.43. The molecule has 10 heteroatoms. The van der Waals surface area contributed by atoms with Gasteiger partial charge in [0.2, 0.25) is 0 Å². The van der Waals surface area contributed by atoms with Crippen molar-refractivity contribution in [2.24, 2.45) is 33.5 Å². The highest BCUT2D eigenvalue weighted by Gasteiger charge is 2.92. The van der Waals surface area contributed by atoms with Crippen LogP contribution < -0.4 is 0 Å². The molecule has 14 atom stereocenters. The second-order valence-corrected chi connectivity index (χ2v) is 13.3. The van der Waals surface area contributed by atoms with Gasteiger partial charge in [-0.05, 0) is 30.4 Å². The molecule has 4 N–H and O–H groups in total. The number of hydrogen-bond donors (Lipinski definition) is 4. The van der Waals surface area contributed by atoms with Crippen LogP contribution in [0.25, 0.3) is 0 Å². The number of aliphatic hydroxyl groups excluding tert-OH is 4. The van der Waals surface area contributed by atoms with E-state index in [0.29, 0.717) is 6.42 Å². The van der Waals surface area contributed by atoms with Crippen molar-refractivity contribution in [3.63, 3.8) is 0 Å². The predicted octanol–water partition coefficient (Wildman–Crippen LogP) is 0.895. The van der Waals surface area contributed by atoms with Crippen molar-refractivity contribution in [1.82, 2.24) is 0 Å². The summed E-state index contributed by atoms with van der Waals surface area (Å²) in [7, 11) is 0. The fraction of sp³-hybridized carbons (Fsp3) is 0.786. The van der Waals surface area contributed by atoms with E-state index in [1.54, 1.807) is 19.5 Å². The number of Topliss-reactive ketones (excluding diaryl/α,β-unsaturated/α-hetero) is 1. The second kappa shape index (κ2) is 7.27. The van der Waals surface area contributed by atoms with Crippen LogP contribution in [-0.4, -0.2) is 81.2 Å². The Morgan fingerprint density at radius 3 is 2.45 bits per heavy atom. The van der Waals surface area contributed by atoms with Gasteiger partial charge in [0.05, 0.1) is 42.9 Å². The molecule has 2 saturated heterocycles. The molecular formula is C28H36O10. The normalized spacial score (nSPS) is 58.3. The first-order chi connectivity index (χ1) is 17.8. The summed E-state index contributed by atoms with van der Waals surface area (Å²) in [5, 5.41) is 46.8. The van der Waals surface area contributed by atoms with Gasteiger partial charge in [-0.25, -0.2) is 0 Å². The van der Waals surface area contributed by atoms with Gasteiger partial charge < -0.3 is 39.1 Å². The first kappa shape index (κ1) is 25.2. The number of hydrogen-bond acceptors (Lipinski definition) is 10. The maximum absolute atomic E-state index is 14.5. The van der Waals surface area contributed by atoms with E-state index >= 15 is 0 Å². The molecule has 4 saturated carbocycles. The molecular weight excluding hydrogens is 496 g/mol. The van der Waals surface area contributed by atoms with E-state index in [9.17, 15) is 30.0 Å². The lowest BCUT2D eigenvalue weighted by molar-refractivity contribution is -0.373. The highest BCUT2D eigenvalue weighted by molar-refractivity contribution is 5.91. The largest absolute Gasteiger partial charge is 0.472 e. The molecule has 2 aliphatic heterocycles. The number of ketones is 1. The van der Waals surface area contributed by atoms with Crippen LogP contribution in [0.15, 0.2) is 23.0 Å². The highest BCUT2D eigenvalue weighted by atomic mass is 16.6. The standard InChI is InChI=1S/C28H36O10/c1-12(29)37-18-9-17(31)27-11-36-23(34)24(18,2)15(27)8-16(30)26(4)21(27)20(32)22(33)25(3)14(13-5-6-35-10-13)7-19-28(25,26)38-19/h5-6,10,14-19,21-23,30-31,33-34H,7-9,11H2,1-4H3/t14-,15+,16-,17+,18-,19-,21+,22+,23?,24-,25+,26-,27-,28-/m1/s1. The van der Waals surface area contributed by atoms with Crippen LogP contribution in [0.1, 0.15) is 58.4 Å². The summed E-state index contributed by atoms with van der Waals surface area (Å²) in [4.78, 5) is 26.5. The van der Waals surface area contributed by atoms with Crippen LogP contribution in [0, 0.1) is 33.5 Å². The summed E-state index contributed by atoms with van der Waals surface area (Å²) >= 11 is 0. The van der Waals surface area contributed by atoms with Crippen molar-refractivity contribution in [3.8, 4) is 0 Å². The van der Waals surface area contributed by atoms with Crippen molar-refractivity contribution >= 4 is 11.8 Å². The van der Waals surface area contributed by atoms with E-state index in [1.165, 1.54) is 6.92 Å². The molecule has 1 spiro atoms. The molecule has 0 aromatic carbocycles. The monoisotopic (exact) mass is 532 g/mol. The maximum atomic E-state index is 14.5. The van der Waals surface area contributed by atoms with Gasteiger partial charge in [-0.2, -0.15) is 0 Å². The molecule has 1 aromatic heterocycles. The molecule has 0 amide bonds. The average Bonchev–Trinajstić information content (AvgIpc) is 3.22. The number of furan rings is 1. The second-order valence-electron chi connectivity index (χ2n) is 13.3. The zero-order chi connectivity index (χ0) is 27.2. The zero-order valence-electron chi connectivity index (χ0n) is 22.0. The van der Waals surface area contributed by atoms with Crippen molar-refractivity contribution in [1.29, 1.82) is 0 Å². The van der Waals surface area contributed by atoms with Crippen LogP contribution in [0.4, 0.5) is 0 Å². The average molecular weight is 533 g/mol. The minimum absolute atomic E-state index is 0.00521. The lowest BCUT2D eigenvalue weighted by Crippen LogP contribution is -2.82. The Hall–Kier alpha value is -1.82. The van der Waals surface area contributed by atoms with Gasteiger partial charge in [-0.3, -0.25) is 9.59 Å². The van der Waals surface area contributed by atoms with E-state index in [4.69, 9.17) is 18.6 Å². The summed E-state index contributed by atoms with van der Waals surface area (Å²) in [6.07, 6.45) is -2.21. The fourth-order valence-electron chi connectivity index (χ4n) is 10.7. The van der Waals surface area contributed by atoms with Gasteiger partial charge in [-0.1, -0.05) is 20.8 Å². The molecule has 1 aromatic rings. The molecule has 4 aliphatic carbocycles. The van der Waals surface area contributed by atoms with Gasteiger partial charge in [-0.15, -0.1) is 0 Å². The van der Waals surface area contributed by atoms with Crippen molar-refractivity contribution in [2.75, 3.05) is 6.61 Å². The van der Waals surface area contributed by atoms with Gasteiger partial charge in [0.25, 0.3) is 0 Å². The quantitative estimate of drug-likeness (QED) is 0.318. The number of ether oxygens (including phenoxy) is 3. The summed E-state index contributed by atoms with van der Waals surface area (Å²) in [6, 6.07) is 1.84. The fourth-order valence-corrected chi connectivity index (χ4v) is 10.7. The van der Waals surface area contributed by atoms with Gasteiger partial charge in [0.1, 0.15) is 17.8 Å². The van der Waals surface area contributed by atoms with E-state index < -0.39 is 81.6 Å². The zero-order valence-corrected chi connectivity index (χ0v) is 22.0. The molecule has 38 heavy (non-hydrogen) atoms. The smallest absolute Gasteiger partial charge is 0.302 e. The summed E-state index contributed by atoms with van der Waals surface area (Å²) in [6.45, 7) is 6.61.